The van der Waals surface area contributed by atoms with E-state index in [9.17, 15) is 14.7 Å². The molecule has 3 N–H and O–H groups in total. The van der Waals surface area contributed by atoms with Gasteiger partial charge in [0.05, 0.1) is 29.9 Å². The van der Waals surface area contributed by atoms with Crippen LogP contribution in [0.4, 0.5) is 5.69 Å². The molecule has 10 heteroatoms. The Balaban J connectivity index is 1.92. The van der Waals surface area contributed by atoms with Gasteiger partial charge in [-0.2, -0.15) is 0 Å². The van der Waals surface area contributed by atoms with Gasteiger partial charge in [-0.15, -0.1) is 0 Å². The number of H-pyrrole nitrogens is 1. The lowest BCUT2D eigenvalue weighted by atomic mass is 10.1. The molecule has 0 atom stereocenters. The molecule has 2 aromatic rings. The fourth-order valence-corrected chi connectivity index (χ4v) is 5.15. The van der Waals surface area contributed by atoms with Gasteiger partial charge in [0.1, 0.15) is 22.1 Å². The quantitative estimate of drug-likeness (QED) is 0.347. The SMILES string of the molecule is CCOC(=O)C1=C(O)/C(=C\c2[nH]c(C)c(C(=O)NCCN(CC)CC)c2C)SC1=Nc1cccc(OC)c1. The minimum Gasteiger partial charge on any atom is -0.506 e. The van der Waals surface area contributed by atoms with E-state index in [4.69, 9.17) is 9.47 Å². The van der Waals surface area contributed by atoms with Gasteiger partial charge in [0, 0.05) is 30.5 Å². The molecule has 0 saturated heterocycles. The number of rotatable bonds is 11. The second-order valence-electron chi connectivity index (χ2n) is 8.62. The zero-order chi connectivity index (χ0) is 27.8. The van der Waals surface area contributed by atoms with E-state index < -0.39 is 5.97 Å². The van der Waals surface area contributed by atoms with Crippen molar-refractivity contribution in [3.63, 3.8) is 0 Å². The Morgan fingerprint density at radius 1 is 1.21 bits per heavy atom. The van der Waals surface area contributed by atoms with Gasteiger partial charge in [-0.25, -0.2) is 9.79 Å². The first-order chi connectivity index (χ1) is 18.2. The Kier molecular flexibility index (Phi) is 10.2. The lowest BCUT2D eigenvalue weighted by molar-refractivity contribution is -0.138. The number of aromatic nitrogens is 1. The number of aryl methyl sites for hydroxylation is 1. The number of nitrogens with one attached hydrogen (secondary N) is 2. The number of hydrogen-bond donors (Lipinski definition) is 3. The summed E-state index contributed by atoms with van der Waals surface area (Å²) in [6, 6.07) is 7.10. The average molecular weight is 541 g/mol. The van der Waals surface area contributed by atoms with Crippen molar-refractivity contribution in [3.05, 3.63) is 63.0 Å². The van der Waals surface area contributed by atoms with Crippen molar-refractivity contribution in [3.8, 4) is 5.75 Å². The minimum atomic E-state index is -0.657. The number of ether oxygens (including phenoxy) is 2. The maximum atomic E-state index is 13.0. The molecule has 1 aliphatic heterocycles. The Morgan fingerprint density at radius 2 is 1.95 bits per heavy atom. The molecule has 9 nitrogen and oxygen atoms in total. The first-order valence-corrected chi connectivity index (χ1v) is 13.5. The standard InChI is InChI=1S/C28H36N4O5S/c1-7-32(8-2)14-13-29-26(34)23-17(4)21(30-18(23)5)16-22-25(33)24(28(35)37-9-3)27(38-22)31-19-11-10-12-20(15-19)36-6/h10-12,15-16,30,33H,7-9,13-14H2,1-6H3,(H,29,34)/b22-16+,31-27?. The Labute approximate surface area is 228 Å². The van der Waals surface area contributed by atoms with E-state index in [1.165, 1.54) is 0 Å². The molecule has 0 saturated carbocycles. The summed E-state index contributed by atoms with van der Waals surface area (Å²) in [5.74, 6) is -0.404. The van der Waals surface area contributed by atoms with Crippen LogP contribution < -0.4 is 10.1 Å². The van der Waals surface area contributed by atoms with E-state index in [0.29, 0.717) is 39.2 Å². The number of aliphatic hydroxyl groups is 1. The lowest BCUT2D eigenvalue weighted by Crippen LogP contribution is -2.35. The largest absolute Gasteiger partial charge is 0.506 e. The van der Waals surface area contributed by atoms with E-state index in [0.717, 1.165) is 42.7 Å². The molecule has 204 valence electrons. The number of aromatic amines is 1. The number of likely N-dealkylation sites (N-methyl/N-ethyl adjacent to an activating group) is 1. The Morgan fingerprint density at radius 3 is 2.61 bits per heavy atom. The molecule has 0 aliphatic carbocycles. The zero-order valence-corrected chi connectivity index (χ0v) is 23.6. The maximum absolute atomic E-state index is 13.0. The normalized spacial score (nSPS) is 15.6. The summed E-state index contributed by atoms with van der Waals surface area (Å²) in [7, 11) is 1.56. The maximum Gasteiger partial charge on any atom is 0.344 e. The molecule has 1 aliphatic rings. The lowest BCUT2D eigenvalue weighted by Gasteiger charge is -2.18. The van der Waals surface area contributed by atoms with Gasteiger partial charge in [0.2, 0.25) is 0 Å². The zero-order valence-electron chi connectivity index (χ0n) is 22.8. The molecule has 0 unspecified atom stereocenters. The number of aliphatic imine (C=N–C) groups is 1. The van der Waals surface area contributed by atoms with E-state index in [1.807, 2.05) is 13.8 Å². The molecule has 2 heterocycles. The third-order valence-electron chi connectivity index (χ3n) is 6.24. The van der Waals surface area contributed by atoms with Crippen LogP contribution in [0.25, 0.3) is 6.08 Å². The fourth-order valence-electron chi connectivity index (χ4n) is 4.14. The Hall–Kier alpha value is -3.50. The van der Waals surface area contributed by atoms with Crippen LogP contribution in [0.2, 0.25) is 0 Å². The molecule has 0 radical (unpaired) electrons. The van der Waals surface area contributed by atoms with Crippen LogP contribution >= 0.6 is 11.8 Å². The number of hydrogen-bond acceptors (Lipinski definition) is 8. The molecule has 38 heavy (non-hydrogen) atoms. The van der Waals surface area contributed by atoms with E-state index in [2.05, 4.69) is 34.0 Å². The molecule has 3 rings (SSSR count). The second kappa shape index (κ2) is 13.3. The molecule has 1 aromatic carbocycles. The monoisotopic (exact) mass is 540 g/mol. The van der Waals surface area contributed by atoms with E-state index in [-0.39, 0.29) is 23.8 Å². The summed E-state index contributed by atoms with van der Waals surface area (Å²) < 4.78 is 10.5. The number of nitrogens with zero attached hydrogens (tertiary/aromatic N) is 2. The van der Waals surface area contributed by atoms with Crippen LogP contribution in [0.15, 0.2) is 45.5 Å². The molecule has 0 bridgehead atoms. The van der Waals surface area contributed by atoms with Crippen molar-refractivity contribution in [1.82, 2.24) is 15.2 Å². The van der Waals surface area contributed by atoms with Gasteiger partial charge in [0.15, 0.2) is 0 Å². The van der Waals surface area contributed by atoms with Crippen molar-refractivity contribution in [2.45, 2.75) is 34.6 Å². The fraction of sp³-hybridized carbons (Fsp3) is 0.393. The van der Waals surface area contributed by atoms with Crippen LogP contribution in [-0.2, 0) is 9.53 Å². The first kappa shape index (κ1) is 29.1. The second-order valence-corrected chi connectivity index (χ2v) is 9.65. The Bertz CT molecular complexity index is 1270. The van der Waals surface area contributed by atoms with Gasteiger partial charge >= 0.3 is 5.97 Å². The number of carbonyl (C=O) groups is 2. The molecular weight excluding hydrogens is 504 g/mol. The van der Waals surface area contributed by atoms with E-state index >= 15 is 0 Å². The van der Waals surface area contributed by atoms with Crippen LogP contribution in [-0.4, -0.2) is 71.8 Å². The highest BCUT2D eigenvalue weighted by Gasteiger charge is 2.33. The van der Waals surface area contributed by atoms with Crippen molar-refractivity contribution in [2.24, 2.45) is 4.99 Å². The number of thioether (sulfide) groups is 1. The predicted molar refractivity (Wildman–Crippen MR) is 152 cm³/mol. The van der Waals surface area contributed by atoms with Crippen LogP contribution in [0.3, 0.4) is 0 Å². The number of methoxy groups -OCH3 is 1. The third-order valence-corrected chi connectivity index (χ3v) is 7.26. The van der Waals surface area contributed by atoms with Crippen LogP contribution in [0, 0.1) is 13.8 Å². The number of benzene rings is 1. The van der Waals surface area contributed by atoms with Gasteiger partial charge in [-0.3, -0.25) is 4.79 Å². The number of amides is 1. The smallest absolute Gasteiger partial charge is 0.344 e. The minimum absolute atomic E-state index is 0.00113. The van der Waals surface area contributed by atoms with E-state index in [1.54, 1.807) is 44.4 Å². The van der Waals surface area contributed by atoms with Gasteiger partial charge < -0.3 is 29.8 Å². The number of aliphatic hydroxyl groups excluding tert-OH is 1. The number of esters is 1. The van der Waals surface area contributed by atoms with Gasteiger partial charge in [0.25, 0.3) is 5.91 Å². The molecule has 0 spiro atoms. The highest BCUT2D eigenvalue weighted by Crippen LogP contribution is 2.41. The molecular formula is C28H36N4O5S. The number of carbonyl (C=O) groups excluding carboxylic acids is 2. The van der Waals surface area contributed by atoms with Crippen molar-refractivity contribution in [1.29, 1.82) is 0 Å². The molecule has 1 aromatic heterocycles. The van der Waals surface area contributed by atoms with Gasteiger partial charge in [-0.1, -0.05) is 31.7 Å². The van der Waals surface area contributed by atoms with Gasteiger partial charge in [-0.05, 0) is 57.6 Å². The highest BCUT2D eigenvalue weighted by atomic mass is 32.2. The summed E-state index contributed by atoms with van der Waals surface area (Å²) in [6.45, 7) is 12.9. The molecule has 1 amide bonds. The van der Waals surface area contributed by atoms with Crippen molar-refractivity contribution in [2.75, 3.05) is 39.9 Å². The summed E-state index contributed by atoms with van der Waals surface area (Å²) in [6.07, 6.45) is 1.72. The summed E-state index contributed by atoms with van der Waals surface area (Å²) in [4.78, 5) is 36.2. The van der Waals surface area contributed by atoms with Crippen LogP contribution in [0.5, 0.6) is 5.75 Å². The third kappa shape index (κ3) is 6.68. The predicted octanol–water partition coefficient (Wildman–Crippen LogP) is 4.90. The first-order valence-electron chi connectivity index (χ1n) is 12.7. The summed E-state index contributed by atoms with van der Waals surface area (Å²) >= 11 is 1.16. The summed E-state index contributed by atoms with van der Waals surface area (Å²) in [5, 5.41) is 14.3. The van der Waals surface area contributed by atoms with Crippen molar-refractivity contribution < 1.29 is 24.2 Å². The van der Waals surface area contributed by atoms with Crippen LogP contribution in [0.1, 0.15) is 48.1 Å². The highest BCUT2D eigenvalue weighted by molar-refractivity contribution is 8.18. The molecule has 0 fully saturated rings. The van der Waals surface area contributed by atoms with Crippen molar-refractivity contribution >= 4 is 40.4 Å². The average Bonchev–Trinajstić information content (AvgIpc) is 3.35. The topological polar surface area (TPSA) is 116 Å². The summed E-state index contributed by atoms with van der Waals surface area (Å²) in [5.41, 5.74) is 3.27.